The number of hydrogen-bond donors (Lipinski definition) is 2. The Morgan fingerprint density at radius 2 is 2.00 bits per heavy atom. The number of carbonyl (C=O) groups is 1. The van der Waals surface area contributed by atoms with Gasteiger partial charge in [-0.2, -0.15) is 0 Å². The molecule has 1 aliphatic rings. The molecule has 3 aromatic rings. The summed E-state index contributed by atoms with van der Waals surface area (Å²) in [5.74, 6) is 7.65. The number of nitrogen functional groups attached to an aromatic ring is 1. The van der Waals surface area contributed by atoms with E-state index in [1.165, 1.54) is 36.6 Å². The molecule has 1 fully saturated rings. The van der Waals surface area contributed by atoms with Gasteiger partial charge in [0.15, 0.2) is 5.82 Å². The van der Waals surface area contributed by atoms with Crippen molar-refractivity contribution in [1.82, 2.24) is 20.2 Å². The number of thiophene rings is 1. The Labute approximate surface area is 185 Å². The van der Waals surface area contributed by atoms with Gasteiger partial charge in [0.1, 0.15) is 0 Å². The molecule has 1 aromatic carbocycles. The number of aryl methyl sites for hydroxylation is 1. The second kappa shape index (κ2) is 9.66. The summed E-state index contributed by atoms with van der Waals surface area (Å²) < 4.78 is 1.57. The lowest BCUT2D eigenvalue weighted by Crippen LogP contribution is -2.30. The molecule has 8 heteroatoms. The monoisotopic (exact) mass is 441 g/mol. The summed E-state index contributed by atoms with van der Waals surface area (Å²) in [6.45, 7) is 2.06. The maximum atomic E-state index is 12.8. The summed E-state index contributed by atoms with van der Waals surface area (Å²) in [7, 11) is 0. The zero-order valence-electron chi connectivity index (χ0n) is 17.1. The molecule has 158 valence electrons. The number of nitrogens with zero attached hydrogens (tertiary/aromatic N) is 3. The lowest BCUT2D eigenvalue weighted by atomic mass is 9.89. The van der Waals surface area contributed by atoms with Crippen LogP contribution in [0.2, 0.25) is 0 Å². The fourth-order valence-electron chi connectivity index (χ4n) is 3.89. The van der Waals surface area contributed by atoms with Crippen LogP contribution in [0.3, 0.4) is 0 Å². The van der Waals surface area contributed by atoms with Crippen LogP contribution in [0.5, 0.6) is 0 Å². The van der Waals surface area contributed by atoms with E-state index in [1.807, 2.05) is 11.4 Å². The molecule has 1 unspecified atom stereocenters. The van der Waals surface area contributed by atoms with E-state index in [1.54, 1.807) is 16.0 Å². The summed E-state index contributed by atoms with van der Waals surface area (Å²) >= 11 is 2.97. The van der Waals surface area contributed by atoms with Crippen molar-refractivity contribution >= 4 is 29.0 Å². The summed E-state index contributed by atoms with van der Waals surface area (Å²) in [6.07, 6.45) is 5.93. The van der Waals surface area contributed by atoms with Gasteiger partial charge in [-0.15, -0.1) is 21.5 Å². The molecule has 3 N–H and O–H groups in total. The SMILES string of the molecule is Cc1ccc(C(NC(=O)CSc2nnc(C3CCCCC3)n2N)c2cccs2)cc1. The number of amides is 1. The number of nitrogens with one attached hydrogen (secondary N) is 1. The first-order chi connectivity index (χ1) is 14.6. The highest BCUT2D eigenvalue weighted by Gasteiger charge is 2.23. The normalized spacial score (nSPS) is 15.8. The number of rotatable bonds is 7. The highest BCUT2D eigenvalue weighted by molar-refractivity contribution is 7.99. The second-order valence-corrected chi connectivity index (χ2v) is 9.68. The minimum Gasteiger partial charge on any atom is -0.344 e. The summed E-state index contributed by atoms with van der Waals surface area (Å²) in [6, 6.07) is 12.2. The molecule has 1 atom stereocenters. The zero-order valence-corrected chi connectivity index (χ0v) is 18.7. The van der Waals surface area contributed by atoms with Crippen LogP contribution in [-0.4, -0.2) is 26.5 Å². The first-order valence-electron chi connectivity index (χ1n) is 10.3. The van der Waals surface area contributed by atoms with Gasteiger partial charge in [-0.1, -0.05) is 66.9 Å². The van der Waals surface area contributed by atoms with Gasteiger partial charge in [0.25, 0.3) is 0 Å². The van der Waals surface area contributed by atoms with Gasteiger partial charge in [0.05, 0.1) is 11.8 Å². The smallest absolute Gasteiger partial charge is 0.231 e. The average molecular weight is 442 g/mol. The maximum Gasteiger partial charge on any atom is 0.231 e. The topological polar surface area (TPSA) is 85.8 Å². The van der Waals surface area contributed by atoms with Crippen molar-refractivity contribution < 1.29 is 4.79 Å². The van der Waals surface area contributed by atoms with E-state index in [0.29, 0.717) is 11.1 Å². The molecule has 4 rings (SSSR count). The Balaban J connectivity index is 1.41. The first-order valence-corrected chi connectivity index (χ1v) is 12.2. The molecule has 6 nitrogen and oxygen atoms in total. The van der Waals surface area contributed by atoms with Crippen molar-refractivity contribution in [2.75, 3.05) is 11.6 Å². The fraction of sp³-hybridized carbons (Fsp3) is 0.409. The zero-order chi connectivity index (χ0) is 20.9. The lowest BCUT2D eigenvalue weighted by molar-refractivity contribution is -0.119. The van der Waals surface area contributed by atoms with Crippen molar-refractivity contribution in [3.05, 3.63) is 63.6 Å². The van der Waals surface area contributed by atoms with E-state index >= 15 is 0 Å². The number of hydrogen-bond acceptors (Lipinski definition) is 6. The van der Waals surface area contributed by atoms with E-state index < -0.39 is 0 Å². The van der Waals surface area contributed by atoms with E-state index in [9.17, 15) is 4.79 Å². The summed E-state index contributed by atoms with van der Waals surface area (Å²) in [4.78, 5) is 13.9. The van der Waals surface area contributed by atoms with Crippen LogP contribution >= 0.6 is 23.1 Å². The predicted molar refractivity (Wildman–Crippen MR) is 122 cm³/mol. The van der Waals surface area contributed by atoms with Crippen LogP contribution in [0.4, 0.5) is 0 Å². The average Bonchev–Trinajstić information content (AvgIpc) is 3.42. The Kier molecular flexibility index (Phi) is 6.74. The van der Waals surface area contributed by atoms with Gasteiger partial charge >= 0.3 is 0 Å². The maximum absolute atomic E-state index is 12.8. The predicted octanol–water partition coefficient (Wildman–Crippen LogP) is 4.41. The van der Waals surface area contributed by atoms with Gasteiger partial charge in [0.2, 0.25) is 11.1 Å². The molecule has 0 saturated heterocycles. The highest BCUT2D eigenvalue weighted by Crippen LogP contribution is 2.32. The van der Waals surface area contributed by atoms with Crippen molar-refractivity contribution in [3.63, 3.8) is 0 Å². The molecule has 0 aliphatic heterocycles. The molecule has 1 saturated carbocycles. The molecule has 1 amide bonds. The minimum atomic E-state index is -0.160. The first kappa shape index (κ1) is 20.9. The Morgan fingerprint density at radius 3 is 2.70 bits per heavy atom. The fourth-order valence-corrected chi connectivity index (χ4v) is 5.37. The summed E-state index contributed by atoms with van der Waals surface area (Å²) in [5, 5.41) is 14.3. The molecule has 0 spiro atoms. The van der Waals surface area contributed by atoms with Crippen molar-refractivity contribution in [3.8, 4) is 0 Å². The number of nitrogens with two attached hydrogens (primary N) is 1. The van der Waals surface area contributed by atoms with E-state index in [4.69, 9.17) is 5.84 Å². The number of thioether (sulfide) groups is 1. The lowest BCUT2D eigenvalue weighted by Gasteiger charge is -2.20. The third kappa shape index (κ3) is 4.87. The number of aromatic nitrogens is 3. The van der Waals surface area contributed by atoms with Crippen molar-refractivity contribution in [2.24, 2.45) is 0 Å². The molecule has 2 aromatic heterocycles. The van der Waals surface area contributed by atoms with Crippen LogP contribution in [0.15, 0.2) is 46.9 Å². The number of benzene rings is 1. The molecule has 30 heavy (non-hydrogen) atoms. The third-order valence-electron chi connectivity index (χ3n) is 5.54. The molecule has 2 heterocycles. The largest absolute Gasteiger partial charge is 0.344 e. The third-order valence-corrected chi connectivity index (χ3v) is 7.42. The molecular weight excluding hydrogens is 414 g/mol. The van der Waals surface area contributed by atoms with E-state index in [2.05, 4.69) is 52.8 Å². The van der Waals surface area contributed by atoms with Crippen LogP contribution < -0.4 is 11.2 Å². The van der Waals surface area contributed by atoms with Gasteiger partial charge in [-0.05, 0) is 36.8 Å². The van der Waals surface area contributed by atoms with Gasteiger partial charge in [-0.3, -0.25) is 4.79 Å². The van der Waals surface area contributed by atoms with E-state index in [0.717, 1.165) is 29.1 Å². The number of carbonyl (C=O) groups excluding carboxylic acids is 1. The van der Waals surface area contributed by atoms with E-state index in [-0.39, 0.29) is 17.7 Å². The highest BCUT2D eigenvalue weighted by atomic mass is 32.2. The van der Waals surface area contributed by atoms with Crippen LogP contribution in [0.1, 0.15) is 65.9 Å². The Bertz CT molecular complexity index is 962. The second-order valence-electron chi connectivity index (χ2n) is 7.76. The quantitative estimate of drug-likeness (QED) is 0.419. The van der Waals surface area contributed by atoms with Crippen molar-refractivity contribution in [2.45, 2.75) is 56.1 Å². The molecule has 0 radical (unpaired) electrons. The van der Waals surface area contributed by atoms with Crippen LogP contribution in [0.25, 0.3) is 0 Å². The Hall–Kier alpha value is -2.32. The van der Waals surface area contributed by atoms with Gasteiger partial charge in [-0.25, -0.2) is 4.68 Å². The van der Waals surface area contributed by atoms with Gasteiger partial charge < -0.3 is 11.2 Å². The summed E-state index contributed by atoms with van der Waals surface area (Å²) in [5.41, 5.74) is 2.27. The molecule has 1 aliphatic carbocycles. The minimum absolute atomic E-state index is 0.0545. The Morgan fingerprint density at radius 1 is 1.23 bits per heavy atom. The molecular formula is C22H27N5OS2. The van der Waals surface area contributed by atoms with Gasteiger partial charge in [0, 0.05) is 10.8 Å². The van der Waals surface area contributed by atoms with Crippen molar-refractivity contribution in [1.29, 1.82) is 0 Å². The van der Waals surface area contributed by atoms with Crippen LogP contribution in [-0.2, 0) is 4.79 Å². The molecule has 0 bridgehead atoms. The van der Waals surface area contributed by atoms with Crippen LogP contribution in [0, 0.1) is 6.92 Å². The standard InChI is InChI=1S/C22H27N5OS2/c1-15-9-11-16(12-10-15)20(18-8-5-13-29-18)24-19(28)14-30-22-26-25-21(27(22)23)17-6-3-2-4-7-17/h5,8-13,17,20H,2-4,6-7,14,23H2,1H3,(H,24,28).